The Morgan fingerprint density at radius 3 is 2.47 bits per heavy atom. The Balaban J connectivity index is 2.33. The van der Waals surface area contributed by atoms with Gasteiger partial charge in [-0.1, -0.05) is 42.8 Å². The third kappa shape index (κ3) is 3.15. The van der Waals surface area contributed by atoms with Crippen LogP contribution in [0.15, 0.2) is 42.5 Å². The van der Waals surface area contributed by atoms with Crippen molar-refractivity contribution in [3.63, 3.8) is 0 Å². The van der Waals surface area contributed by atoms with Gasteiger partial charge in [-0.3, -0.25) is 0 Å². The Morgan fingerprint density at radius 1 is 1.05 bits per heavy atom. The fraction of sp³-hybridized carbons (Fsp3) is 0.294. The first-order valence-corrected chi connectivity index (χ1v) is 6.64. The normalized spacial score (nSPS) is 12.2. The Kier molecular flexibility index (Phi) is 4.23. The van der Waals surface area contributed by atoms with Crippen molar-refractivity contribution in [3.8, 4) is 11.5 Å². The fourth-order valence-corrected chi connectivity index (χ4v) is 2.10. The van der Waals surface area contributed by atoms with E-state index in [0.29, 0.717) is 6.42 Å². The molecule has 0 amide bonds. The highest BCUT2D eigenvalue weighted by atomic mass is 16.5. The molecule has 19 heavy (non-hydrogen) atoms. The molecule has 0 fully saturated rings. The number of para-hydroxylation sites is 1. The molecule has 0 heterocycles. The molecule has 0 unspecified atom stereocenters. The minimum absolute atomic E-state index is 0.484. The number of rotatable bonds is 4. The van der Waals surface area contributed by atoms with Crippen LogP contribution in [0.4, 0.5) is 0 Å². The topological polar surface area (TPSA) is 29.5 Å². The van der Waals surface area contributed by atoms with Crippen molar-refractivity contribution in [2.24, 2.45) is 0 Å². The Morgan fingerprint density at radius 2 is 1.79 bits per heavy atom. The number of hydrogen-bond donors (Lipinski definition) is 1. The molecule has 2 aromatic rings. The lowest BCUT2D eigenvalue weighted by molar-refractivity contribution is 0.170. The lowest BCUT2D eigenvalue weighted by atomic mass is 10.1. The van der Waals surface area contributed by atoms with Gasteiger partial charge in [0.25, 0.3) is 0 Å². The molecule has 0 aliphatic rings. The summed E-state index contributed by atoms with van der Waals surface area (Å²) >= 11 is 0. The van der Waals surface area contributed by atoms with Crippen LogP contribution in [0.5, 0.6) is 11.5 Å². The molecule has 2 heteroatoms. The van der Waals surface area contributed by atoms with Gasteiger partial charge in [0.2, 0.25) is 0 Å². The largest absolute Gasteiger partial charge is 0.457 e. The van der Waals surface area contributed by atoms with Crippen molar-refractivity contribution in [2.75, 3.05) is 0 Å². The van der Waals surface area contributed by atoms with Crippen molar-refractivity contribution in [1.29, 1.82) is 0 Å². The molecule has 0 bridgehead atoms. The van der Waals surface area contributed by atoms with E-state index >= 15 is 0 Å². The van der Waals surface area contributed by atoms with Gasteiger partial charge in [-0.15, -0.1) is 0 Å². The number of aryl methyl sites for hydroxylation is 2. The first-order valence-electron chi connectivity index (χ1n) is 6.64. The summed E-state index contributed by atoms with van der Waals surface area (Å²) in [5.41, 5.74) is 3.15. The van der Waals surface area contributed by atoms with Crippen LogP contribution in [0.1, 0.15) is 36.1 Å². The molecule has 0 radical (unpaired) electrons. The second kappa shape index (κ2) is 5.89. The van der Waals surface area contributed by atoms with Gasteiger partial charge in [-0.2, -0.15) is 0 Å². The summed E-state index contributed by atoms with van der Waals surface area (Å²) in [6, 6.07) is 13.7. The summed E-state index contributed by atoms with van der Waals surface area (Å²) < 4.78 is 5.96. The van der Waals surface area contributed by atoms with Crippen molar-refractivity contribution in [2.45, 2.75) is 33.3 Å². The molecule has 0 saturated heterocycles. The number of aliphatic hydroxyl groups is 1. The Hall–Kier alpha value is -1.80. The molecule has 2 rings (SSSR count). The zero-order valence-electron chi connectivity index (χ0n) is 11.7. The average Bonchev–Trinajstić information content (AvgIpc) is 2.41. The predicted molar refractivity (Wildman–Crippen MR) is 77.7 cm³/mol. The standard InChI is InChI=1S/C17H20O2/c1-4-15(18)14-7-5-6-8-17(14)19-16-10-9-12(2)11-13(16)3/h5-11,15,18H,4H2,1-3H3/t15-/m1/s1. The molecule has 2 nitrogen and oxygen atoms in total. The van der Waals surface area contributed by atoms with Crippen LogP contribution in [0, 0.1) is 13.8 Å². The number of benzene rings is 2. The quantitative estimate of drug-likeness (QED) is 0.870. The smallest absolute Gasteiger partial charge is 0.133 e. The average molecular weight is 256 g/mol. The molecule has 1 atom stereocenters. The first-order chi connectivity index (χ1) is 9.11. The molecule has 2 aromatic carbocycles. The molecule has 0 aliphatic heterocycles. The van der Waals surface area contributed by atoms with Gasteiger partial charge in [0, 0.05) is 5.56 Å². The Bertz CT molecular complexity index is 561. The maximum absolute atomic E-state index is 10.0. The van der Waals surface area contributed by atoms with E-state index in [4.69, 9.17) is 4.74 Å². The summed E-state index contributed by atoms with van der Waals surface area (Å²) in [6.45, 7) is 6.05. The number of hydrogen-bond acceptors (Lipinski definition) is 2. The molecule has 0 aromatic heterocycles. The van der Waals surface area contributed by atoms with Crippen molar-refractivity contribution >= 4 is 0 Å². The third-order valence-corrected chi connectivity index (χ3v) is 3.22. The lowest BCUT2D eigenvalue weighted by Gasteiger charge is -2.16. The van der Waals surface area contributed by atoms with Crippen molar-refractivity contribution in [1.82, 2.24) is 0 Å². The second-order valence-corrected chi connectivity index (χ2v) is 4.83. The van der Waals surface area contributed by atoms with Gasteiger partial charge < -0.3 is 9.84 Å². The van der Waals surface area contributed by atoms with Crippen LogP contribution in [0.3, 0.4) is 0 Å². The van der Waals surface area contributed by atoms with Crippen LogP contribution in [0.25, 0.3) is 0 Å². The van der Waals surface area contributed by atoms with E-state index in [1.54, 1.807) is 0 Å². The summed E-state index contributed by atoms with van der Waals surface area (Å²) in [5.74, 6) is 1.56. The SMILES string of the molecule is CC[C@@H](O)c1ccccc1Oc1ccc(C)cc1C. The predicted octanol–water partition coefficient (Wildman–Crippen LogP) is 4.54. The van der Waals surface area contributed by atoms with E-state index in [1.165, 1.54) is 5.56 Å². The second-order valence-electron chi connectivity index (χ2n) is 4.83. The van der Waals surface area contributed by atoms with E-state index in [-0.39, 0.29) is 0 Å². The molecule has 100 valence electrons. The van der Waals surface area contributed by atoms with Gasteiger partial charge in [0.15, 0.2) is 0 Å². The van der Waals surface area contributed by atoms with Gasteiger partial charge in [-0.25, -0.2) is 0 Å². The van der Waals surface area contributed by atoms with E-state index in [1.807, 2.05) is 50.2 Å². The minimum Gasteiger partial charge on any atom is -0.457 e. The van der Waals surface area contributed by atoms with Crippen LogP contribution >= 0.6 is 0 Å². The van der Waals surface area contributed by atoms with Gasteiger partial charge in [0.1, 0.15) is 11.5 Å². The van der Waals surface area contributed by atoms with E-state index in [2.05, 4.69) is 13.0 Å². The lowest BCUT2D eigenvalue weighted by Crippen LogP contribution is -1.99. The number of aliphatic hydroxyl groups excluding tert-OH is 1. The molecule has 0 saturated carbocycles. The fourth-order valence-electron chi connectivity index (χ4n) is 2.10. The number of ether oxygens (including phenoxy) is 1. The van der Waals surface area contributed by atoms with Gasteiger partial charge in [0.05, 0.1) is 6.10 Å². The van der Waals surface area contributed by atoms with Crippen LogP contribution in [-0.4, -0.2) is 5.11 Å². The molecular weight excluding hydrogens is 236 g/mol. The maximum Gasteiger partial charge on any atom is 0.133 e. The van der Waals surface area contributed by atoms with Crippen LogP contribution < -0.4 is 4.74 Å². The highest BCUT2D eigenvalue weighted by Crippen LogP contribution is 2.32. The summed E-state index contributed by atoms with van der Waals surface area (Å²) in [4.78, 5) is 0. The molecular formula is C17H20O2. The molecule has 0 aliphatic carbocycles. The van der Waals surface area contributed by atoms with Crippen LogP contribution in [0.2, 0.25) is 0 Å². The van der Waals surface area contributed by atoms with E-state index in [0.717, 1.165) is 22.6 Å². The van der Waals surface area contributed by atoms with Crippen molar-refractivity contribution < 1.29 is 9.84 Å². The van der Waals surface area contributed by atoms with E-state index in [9.17, 15) is 5.11 Å². The summed E-state index contributed by atoms with van der Waals surface area (Å²) in [7, 11) is 0. The molecule has 1 N–H and O–H groups in total. The van der Waals surface area contributed by atoms with Crippen LogP contribution in [-0.2, 0) is 0 Å². The van der Waals surface area contributed by atoms with Crippen molar-refractivity contribution in [3.05, 3.63) is 59.2 Å². The zero-order chi connectivity index (χ0) is 13.8. The van der Waals surface area contributed by atoms with Gasteiger partial charge >= 0.3 is 0 Å². The monoisotopic (exact) mass is 256 g/mol. The highest BCUT2D eigenvalue weighted by molar-refractivity contribution is 5.42. The zero-order valence-corrected chi connectivity index (χ0v) is 11.7. The third-order valence-electron chi connectivity index (χ3n) is 3.22. The Labute approximate surface area is 114 Å². The molecule has 0 spiro atoms. The van der Waals surface area contributed by atoms with Gasteiger partial charge in [-0.05, 0) is 38.0 Å². The summed E-state index contributed by atoms with van der Waals surface area (Å²) in [5, 5.41) is 10.0. The minimum atomic E-state index is -0.484. The first kappa shape index (κ1) is 13.6. The van der Waals surface area contributed by atoms with E-state index < -0.39 is 6.10 Å². The summed E-state index contributed by atoms with van der Waals surface area (Å²) in [6.07, 6.45) is 0.190. The highest BCUT2D eigenvalue weighted by Gasteiger charge is 2.12. The maximum atomic E-state index is 10.0.